The van der Waals surface area contributed by atoms with Crippen LogP contribution < -0.4 is 10.6 Å². The minimum absolute atomic E-state index is 0.0173. The molecule has 2 rings (SSSR count). The maximum atomic E-state index is 12.4. The Hall–Kier alpha value is -1.95. The summed E-state index contributed by atoms with van der Waals surface area (Å²) in [7, 11) is 0. The summed E-state index contributed by atoms with van der Waals surface area (Å²) < 4.78 is 0. The van der Waals surface area contributed by atoms with E-state index in [9.17, 15) is 14.9 Å². The molecule has 0 aromatic heterocycles. The minimum atomic E-state index is -0.437. The fraction of sp³-hybridized carbons (Fsp3) is 0.533. The van der Waals surface area contributed by atoms with E-state index in [-0.39, 0.29) is 23.1 Å². The number of nitrogens with zero attached hydrogens (tertiary/aromatic N) is 1. The maximum absolute atomic E-state index is 12.4. The van der Waals surface area contributed by atoms with Gasteiger partial charge in [-0.3, -0.25) is 14.9 Å². The van der Waals surface area contributed by atoms with Crippen molar-refractivity contribution in [3.05, 3.63) is 33.9 Å². The van der Waals surface area contributed by atoms with Crippen LogP contribution in [0.25, 0.3) is 0 Å². The van der Waals surface area contributed by atoms with Crippen LogP contribution >= 0.6 is 0 Å². The molecular weight excluding hydrogens is 270 g/mol. The zero-order valence-corrected chi connectivity index (χ0v) is 12.6. The van der Waals surface area contributed by atoms with Gasteiger partial charge in [-0.2, -0.15) is 0 Å². The second-order valence-corrected chi connectivity index (χ2v) is 6.23. The van der Waals surface area contributed by atoms with E-state index in [0.717, 1.165) is 19.4 Å². The van der Waals surface area contributed by atoms with Crippen molar-refractivity contribution < 1.29 is 9.72 Å². The third kappa shape index (κ3) is 3.39. The maximum Gasteiger partial charge on any atom is 0.274 e. The highest BCUT2D eigenvalue weighted by atomic mass is 16.6. The predicted octanol–water partition coefficient (Wildman–Crippen LogP) is 2.62. The average molecular weight is 291 g/mol. The molecule has 21 heavy (non-hydrogen) atoms. The van der Waals surface area contributed by atoms with Gasteiger partial charge in [-0.25, -0.2) is 0 Å². The summed E-state index contributed by atoms with van der Waals surface area (Å²) >= 11 is 0. The molecule has 1 fully saturated rings. The highest BCUT2D eigenvalue weighted by Crippen LogP contribution is 2.31. The van der Waals surface area contributed by atoms with E-state index in [1.165, 1.54) is 6.07 Å². The molecular formula is C15H21N3O3. The molecule has 1 aliphatic heterocycles. The van der Waals surface area contributed by atoms with Gasteiger partial charge in [0.15, 0.2) is 0 Å². The lowest BCUT2D eigenvalue weighted by atomic mass is 9.77. The molecule has 1 aromatic rings. The Morgan fingerprint density at radius 2 is 2.19 bits per heavy atom. The van der Waals surface area contributed by atoms with Crippen molar-refractivity contribution in [3.63, 3.8) is 0 Å². The van der Waals surface area contributed by atoms with Crippen LogP contribution in [0, 0.1) is 22.5 Å². The molecule has 6 heteroatoms. The van der Waals surface area contributed by atoms with Crippen LogP contribution in [0.3, 0.4) is 0 Å². The van der Waals surface area contributed by atoms with Crippen molar-refractivity contribution >= 4 is 17.3 Å². The number of amides is 1. The first-order valence-electron chi connectivity index (χ1n) is 7.10. The van der Waals surface area contributed by atoms with Gasteiger partial charge in [-0.15, -0.1) is 0 Å². The summed E-state index contributed by atoms with van der Waals surface area (Å²) in [6.45, 7) is 6.60. The summed E-state index contributed by atoms with van der Waals surface area (Å²) in [5.74, 6) is -0.141. The molecule has 1 aliphatic rings. The lowest BCUT2D eigenvalue weighted by Gasteiger charge is -2.38. The van der Waals surface area contributed by atoms with Gasteiger partial charge < -0.3 is 10.6 Å². The van der Waals surface area contributed by atoms with Crippen molar-refractivity contribution in [2.75, 3.05) is 11.9 Å². The second-order valence-electron chi connectivity index (χ2n) is 6.23. The first-order chi connectivity index (χ1) is 9.81. The van der Waals surface area contributed by atoms with Gasteiger partial charge in [-0.1, -0.05) is 19.9 Å². The quantitative estimate of drug-likeness (QED) is 0.662. The summed E-state index contributed by atoms with van der Waals surface area (Å²) in [5.41, 5.74) is 0.928. The van der Waals surface area contributed by atoms with Crippen molar-refractivity contribution in [3.8, 4) is 0 Å². The van der Waals surface area contributed by atoms with E-state index < -0.39 is 4.92 Å². The summed E-state index contributed by atoms with van der Waals surface area (Å²) in [6.07, 6.45) is 2.03. The minimum Gasteiger partial charge on any atom is -0.324 e. The molecule has 0 radical (unpaired) electrons. The Kier molecular flexibility index (Phi) is 4.27. The molecule has 0 spiro atoms. The second kappa shape index (κ2) is 5.81. The molecule has 1 amide bonds. The monoisotopic (exact) mass is 291 g/mol. The number of carbonyl (C=O) groups excluding carboxylic acids is 1. The number of nitro benzene ring substituents is 1. The molecule has 1 aromatic carbocycles. The average Bonchev–Trinajstić information content (AvgIpc) is 2.40. The number of piperidine rings is 1. The van der Waals surface area contributed by atoms with Gasteiger partial charge in [0.2, 0.25) is 5.91 Å². The fourth-order valence-corrected chi connectivity index (χ4v) is 2.76. The Morgan fingerprint density at radius 1 is 1.48 bits per heavy atom. The third-order valence-corrected chi connectivity index (χ3v) is 4.06. The van der Waals surface area contributed by atoms with Gasteiger partial charge in [0.25, 0.3) is 5.69 Å². The van der Waals surface area contributed by atoms with Gasteiger partial charge in [-0.05, 0) is 37.8 Å². The zero-order chi connectivity index (χ0) is 15.6. The summed E-state index contributed by atoms with van der Waals surface area (Å²) in [6, 6.07) is 4.46. The molecule has 6 nitrogen and oxygen atoms in total. The first-order valence-corrected chi connectivity index (χ1v) is 7.10. The lowest BCUT2D eigenvalue weighted by Crippen LogP contribution is -2.53. The SMILES string of the molecule is Cc1ccc(NC(=O)C2NCCCC2(C)C)cc1[N+](=O)[O-]. The molecule has 0 bridgehead atoms. The largest absolute Gasteiger partial charge is 0.324 e. The summed E-state index contributed by atoms with van der Waals surface area (Å²) in [4.78, 5) is 22.9. The van der Waals surface area contributed by atoms with E-state index in [4.69, 9.17) is 0 Å². The number of carbonyl (C=O) groups is 1. The molecule has 1 atom stereocenters. The molecule has 0 saturated carbocycles. The third-order valence-electron chi connectivity index (χ3n) is 4.06. The van der Waals surface area contributed by atoms with Crippen LogP contribution in [-0.4, -0.2) is 23.4 Å². The number of aryl methyl sites for hydroxylation is 1. The van der Waals surface area contributed by atoms with Crippen LogP contribution in [0.15, 0.2) is 18.2 Å². The highest BCUT2D eigenvalue weighted by Gasteiger charge is 2.37. The fourth-order valence-electron chi connectivity index (χ4n) is 2.76. The number of hydrogen-bond donors (Lipinski definition) is 2. The van der Waals surface area contributed by atoms with Gasteiger partial charge >= 0.3 is 0 Å². The molecule has 1 saturated heterocycles. The molecule has 0 aliphatic carbocycles. The van der Waals surface area contributed by atoms with E-state index in [2.05, 4.69) is 24.5 Å². The number of nitro groups is 1. The van der Waals surface area contributed by atoms with Crippen LogP contribution in [0.4, 0.5) is 11.4 Å². The van der Waals surface area contributed by atoms with Gasteiger partial charge in [0.1, 0.15) is 0 Å². The predicted molar refractivity (Wildman–Crippen MR) is 81.3 cm³/mol. The normalized spacial score (nSPS) is 20.8. The van der Waals surface area contributed by atoms with Crippen molar-refractivity contribution in [2.45, 2.75) is 39.7 Å². The number of anilines is 1. The Morgan fingerprint density at radius 3 is 2.81 bits per heavy atom. The van der Waals surface area contributed by atoms with Crippen LogP contribution in [0.2, 0.25) is 0 Å². The standard InChI is InChI=1S/C15H21N3O3/c1-10-5-6-11(9-12(10)18(20)21)17-14(19)13-15(2,3)7-4-8-16-13/h5-6,9,13,16H,4,7-8H2,1-3H3,(H,17,19). The van der Waals surface area contributed by atoms with Gasteiger partial charge in [0, 0.05) is 17.3 Å². The van der Waals surface area contributed by atoms with Crippen molar-refractivity contribution in [1.29, 1.82) is 0 Å². The highest BCUT2D eigenvalue weighted by molar-refractivity contribution is 5.95. The summed E-state index contributed by atoms with van der Waals surface area (Å²) in [5, 5.41) is 17.0. The number of rotatable bonds is 3. The van der Waals surface area contributed by atoms with Crippen LogP contribution in [-0.2, 0) is 4.79 Å². The van der Waals surface area contributed by atoms with Crippen LogP contribution in [0.5, 0.6) is 0 Å². The van der Waals surface area contributed by atoms with Crippen molar-refractivity contribution in [1.82, 2.24) is 5.32 Å². The smallest absolute Gasteiger partial charge is 0.274 e. The van der Waals surface area contributed by atoms with E-state index in [1.807, 2.05) is 0 Å². The van der Waals surface area contributed by atoms with Gasteiger partial charge in [0.05, 0.1) is 11.0 Å². The van der Waals surface area contributed by atoms with Crippen molar-refractivity contribution in [2.24, 2.45) is 5.41 Å². The Balaban J connectivity index is 2.16. The molecule has 2 N–H and O–H groups in total. The van der Waals surface area contributed by atoms with E-state index in [1.54, 1.807) is 19.1 Å². The van der Waals surface area contributed by atoms with E-state index >= 15 is 0 Å². The molecule has 1 heterocycles. The van der Waals surface area contributed by atoms with Crippen LogP contribution in [0.1, 0.15) is 32.3 Å². The Bertz CT molecular complexity index is 569. The molecule has 114 valence electrons. The lowest BCUT2D eigenvalue weighted by molar-refractivity contribution is -0.385. The Labute approximate surface area is 124 Å². The first kappa shape index (κ1) is 15.4. The zero-order valence-electron chi connectivity index (χ0n) is 12.6. The number of benzene rings is 1. The number of hydrogen-bond acceptors (Lipinski definition) is 4. The molecule has 1 unspecified atom stereocenters. The topological polar surface area (TPSA) is 84.3 Å². The number of nitrogens with one attached hydrogen (secondary N) is 2. The van der Waals surface area contributed by atoms with E-state index in [0.29, 0.717) is 11.3 Å².